The fourth-order valence-corrected chi connectivity index (χ4v) is 6.26. The Morgan fingerprint density at radius 1 is 0.377 bits per heavy atom. The van der Waals surface area contributed by atoms with Crippen LogP contribution in [0.1, 0.15) is 178 Å². The van der Waals surface area contributed by atoms with Gasteiger partial charge in [-0.3, -0.25) is 0 Å². The monoisotopic (exact) mass is 723 g/mol. The van der Waals surface area contributed by atoms with Gasteiger partial charge in [-0.1, -0.05) is 117 Å². The number of allylic oxidation sites excluding steroid dienone is 18. The van der Waals surface area contributed by atoms with Gasteiger partial charge >= 0.3 is 0 Å². The first-order valence-electron chi connectivity index (χ1n) is 20.6. The second-order valence-corrected chi connectivity index (χ2v) is 16.0. The molecule has 0 bridgehead atoms. The van der Waals surface area contributed by atoms with Crippen molar-refractivity contribution in [3.05, 3.63) is 129 Å². The van der Waals surface area contributed by atoms with Gasteiger partial charge in [0.2, 0.25) is 0 Å². The molecule has 0 atom stereocenters. The molecule has 0 saturated heterocycles. The molecule has 2 nitrogen and oxygen atoms in total. The van der Waals surface area contributed by atoms with Crippen molar-refractivity contribution in [2.75, 3.05) is 0 Å². The van der Waals surface area contributed by atoms with E-state index in [-0.39, 0.29) is 11.5 Å². The van der Waals surface area contributed by atoms with Crippen LogP contribution in [0.25, 0.3) is 0 Å². The average Bonchev–Trinajstić information content (AvgIpc) is 3.08. The lowest BCUT2D eigenvalue weighted by molar-refractivity contribution is 0.400. The van der Waals surface area contributed by atoms with Gasteiger partial charge in [0.1, 0.15) is 0 Å². The molecule has 2 N–H and O–H groups in total. The van der Waals surface area contributed by atoms with Crippen molar-refractivity contribution in [2.45, 2.75) is 178 Å². The molecule has 0 aliphatic heterocycles. The molecule has 1 aromatic rings. The standard InChI is InChI=1S/C51H78O2/c1-40(2)20-11-21-41(3)22-12-23-42(4)24-13-25-43(5)26-14-27-44(6)28-15-29-45(7)30-16-31-46(8)32-17-33-47(9)34-18-35-48(10)38-39-49-36-19-37-50(52)51(49)53/h19-20,22,24,26,28,30,32,34,36-38,52-53H,11-18,21,23,25,27,29,31,33,35,39H2,1-10H3/b41-22+,42-24+,43-26+,44-28+,45-30+,46-32+,47-34+,48-38+. The van der Waals surface area contributed by atoms with Gasteiger partial charge in [-0.2, -0.15) is 0 Å². The topological polar surface area (TPSA) is 40.5 Å². The molecule has 0 unspecified atom stereocenters. The van der Waals surface area contributed by atoms with Crippen LogP contribution in [-0.4, -0.2) is 10.2 Å². The van der Waals surface area contributed by atoms with Crippen molar-refractivity contribution in [1.29, 1.82) is 0 Å². The molecule has 1 aromatic carbocycles. The van der Waals surface area contributed by atoms with E-state index in [1.54, 1.807) is 6.07 Å². The summed E-state index contributed by atoms with van der Waals surface area (Å²) in [4.78, 5) is 0. The highest BCUT2D eigenvalue weighted by Crippen LogP contribution is 2.29. The first kappa shape index (κ1) is 47.5. The fourth-order valence-electron chi connectivity index (χ4n) is 6.26. The van der Waals surface area contributed by atoms with Crippen LogP contribution in [0.3, 0.4) is 0 Å². The first-order valence-corrected chi connectivity index (χ1v) is 20.6. The maximum Gasteiger partial charge on any atom is 0.160 e. The third kappa shape index (κ3) is 26.0. The number of para-hydroxylation sites is 1. The van der Waals surface area contributed by atoms with Gasteiger partial charge in [-0.15, -0.1) is 0 Å². The quantitative estimate of drug-likeness (QED) is 0.0738. The molecule has 1 rings (SSSR count). The Labute approximate surface area is 327 Å². The Kier molecular flexibility index (Phi) is 25.9. The Balaban J connectivity index is 2.24. The number of aromatic hydroxyl groups is 2. The summed E-state index contributed by atoms with van der Waals surface area (Å²) in [6.45, 7) is 22.5. The Morgan fingerprint density at radius 3 is 0.925 bits per heavy atom. The summed E-state index contributed by atoms with van der Waals surface area (Å²) < 4.78 is 0. The Morgan fingerprint density at radius 2 is 0.642 bits per heavy atom. The summed E-state index contributed by atoms with van der Waals surface area (Å²) in [7, 11) is 0. The first-order chi connectivity index (χ1) is 25.3. The molecule has 2 heteroatoms. The molecule has 0 aliphatic rings. The second-order valence-electron chi connectivity index (χ2n) is 16.0. The van der Waals surface area contributed by atoms with Crippen molar-refractivity contribution >= 4 is 0 Å². The van der Waals surface area contributed by atoms with Crippen LogP contribution in [0.2, 0.25) is 0 Å². The minimum absolute atomic E-state index is 0.00882. The van der Waals surface area contributed by atoms with Crippen LogP contribution < -0.4 is 0 Å². The lowest BCUT2D eigenvalue weighted by Crippen LogP contribution is -1.86. The third-order valence-electron chi connectivity index (χ3n) is 10.1. The molecule has 294 valence electrons. The van der Waals surface area contributed by atoms with E-state index in [2.05, 4.69) is 124 Å². The maximum atomic E-state index is 9.99. The van der Waals surface area contributed by atoms with Crippen molar-refractivity contribution in [3.63, 3.8) is 0 Å². The van der Waals surface area contributed by atoms with E-state index in [4.69, 9.17) is 0 Å². The number of rotatable bonds is 26. The highest BCUT2D eigenvalue weighted by Gasteiger charge is 2.04. The molecule has 0 spiro atoms. The van der Waals surface area contributed by atoms with Crippen LogP contribution in [-0.2, 0) is 6.42 Å². The van der Waals surface area contributed by atoms with Gasteiger partial charge < -0.3 is 10.2 Å². The molecule has 0 amide bonds. The summed E-state index contributed by atoms with van der Waals surface area (Å²) in [5, 5.41) is 19.7. The van der Waals surface area contributed by atoms with Gasteiger partial charge in [0.25, 0.3) is 0 Å². The van der Waals surface area contributed by atoms with E-state index in [0.717, 1.165) is 89.0 Å². The van der Waals surface area contributed by atoms with E-state index < -0.39 is 0 Å². The van der Waals surface area contributed by atoms with Crippen LogP contribution in [0.5, 0.6) is 11.5 Å². The zero-order chi connectivity index (χ0) is 39.4. The van der Waals surface area contributed by atoms with Gasteiger partial charge in [-0.05, 0) is 184 Å². The van der Waals surface area contributed by atoms with Crippen molar-refractivity contribution < 1.29 is 10.2 Å². The summed E-state index contributed by atoms with van der Waals surface area (Å²) in [5.41, 5.74) is 14.0. The molecular formula is C51H78O2. The van der Waals surface area contributed by atoms with Crippen molar-refractivity contribution in [1.82, 2.24) is 0 Å². The minimum Gasteiger partial charge on any atom is -0.504 e. The van der Waals surface area contributed by atoms with Crippen molar-refractivity contribution in [3.8, 4) is 11.5 Å². The van der Waals surface area contributed by atoms with E-state index in [1.165, 1.54) is 75.5 Å². The summed E-state index contributed by atoms with van der Waals surface area (Å²) in [6.07, 6.45) is 40.3. The SMILES string of the molecule is CC(C)=CCC/C(C)=C/CC/C(C)=C/CC/C(C)=C/CC/C(C)=C/CC/C(C)=C/CC/C(C)=C/CC/C(C)=C/CC/C(C)=C/Cc1cccc(O)c1O. The Hall–Kier alpha value is -3.52. The zero-order valence-electron chi connectivity index (χ0n) is 35.8. The third-order valence-corrected chi connectivity index (χ3v) is 10.1. The lowest BCUT2D eigenvalue weighted by atomic mass is 10.0. The average molecular weight is 723 g/mol. The van der Waals surface area contributed by atoms with Gasteiger partial charge in [0.15, 0.2) is 11.5 Å². The second kappa shape index (κ2) is 28.9. The zero-order valence-corrected chi connectivity index (χ0v) is 35.8. The predicted octanol–water partition coefficient (Wildman–Crippen LogP) is 16.4. The smallest absolute Gasteiger partial charge is 0.160 e. The maximum absolute atomic E-state index is 9.99. The highest BCUT2D eigenvalue weighted by molar-refractivity contribution is 5.45. The Bertz CT molecular complexity index is 1490. The summed E-state index contributed by atoms with van der Waals surface area (Å²) in [5.74, 6) is -0.0622. The van der Waals surface area contributed by atoms with Crippen LogP contribution in [0.15, 0.2) is 123 Å². The summed E-state index contributed by atoms with van der Waals surface area (Å²) in [6, 6.07) is 5.14. The molecule has 53 heavy (non-hydrogen) atoms. The number of hydrogen-bond donors (Lipinski definition) is 2. The molecule has 0 aromatic heterocycles. The molecule has 0 radical (unpaired) electrons. The molecule has 0 aliphatic carbocycles. The largest absolute Gasteiger partial charge is 0.504 e. The van der Waals surface area contributed by atoms with E-state index in [1.807, 2.05) is 6.07 Å². The molecule has 0 fully saturated rings. The number of phenolic OH excluding ortho intramolecular Hbond substituents is 2. The van der Waals surface area contributed by atoms with E-state index in [9.17, 15) is 10.2 Å². The number of phenols is 2. The molecule has 0 saturated carbocycles. The van der Waals surface area contributed by atoms with Crippen molar-refractivity contribution in [2.24, 2.45) is 0 Å². The number of hydrogen-bond acceptors (Lipinski definition) is 2. The fraction of sp³-hybridized carbons (Fsp3) is 0.529. The van der Waals surface area contributed by atoms with Gasteiger partial charge in [-0.25, -0.2) is 0 Å². The van der Waals surface area contributed by atoms with E-state index >= 15 is 0 Å². The summed E-state index contributed by atoms with van der Waals surface area (Å²) >= 11 is 0. The van der Waals surface area contributed by atoms with Crippen LogP contribution in [0.4, 0.5) is 0 Å². The molecule has 0 heterocycles. The molecular weight excluding hydrogens is 645 g/mol. The lowest BCUT2D eigenvalue weighted by Gasteiger charge is -2.05. The highest BCUT2D eigenvalue weighted by atomic mass is 16.3. The van der Waals surface area contributed by atoms with Crippen LogP contribution in [0, 0.1) is 0 Å². The number of benzene rings is 1. The van der Waals surface area contributed by atoms with Gasteiger partial charge in [0.05, 0.1) is 0 Å². The van der Waals surface area contributed by atoms with Crippen LogP contribution >= 0.6 is 0 Å². The predicted molar refractivity (Wildman–Crippen MR) is 237 cm³/mol. The van der Waals surface area contributed by atoms with Gasteiger partial charge in [0, 0.05) is 5.56 Å². The minimum atomic E-state index is -0.0534. The normalized spacial score (nSPS) is 14.3. The van der Waals surface area contributed by atoms with E-state index in [0.29, 0.717) is 6.42 Å².